The highest BCUT2D eigenvalue weighted by Crippen LogP contribution is 2.40. The summed E-state index contributed by atoms with van der Waals surface area (Å²) in [6.07, 6.45) is 0. The van der Waals surface area contributed by atoms with E-state index >= 15 is 0 Å². The number of non-ortho nitro benzene ring substituents is 1. The van der Waals surface area contributed by atoms with Crippen LogP contribution in [-0.2, 0) is 20.2 Å². The zero-order valence-electron chi connectivity index (χ0n) is 19.3. The van der Waals surface area contributed by atoms with E-state index < -0.39 is 51.4 Å². The summed E-state index contributed by atoms with van der Waals surface area (Å²) >= 11 is 0.988. The van der Waals surface area contributed by atoms with Crippen molar-refractivity contribution in [2.24, 2.45) is 10.2 Å². The Morgan fingerprint density at radius 3 is 2.15 bits per heavy atom. The number of hydrogen-bond donors (Lipinski definition) is 3. The summed E-state index contributed by atoms with van der Waals surface area (Å²) in [7, 11) is -10.1. The predicted molar refractivity (Wildman–Crippen MR) is 144 cm³/mol. The van der Waals surface area contributed by atoms with E-state index in [9.17, 15) is 36.1 Å². The van der Waals surface area contributed by atoms with Crippen LogP contribution in [0.3, 0.4) is 0 Å². The first-order valence-corrected chi connectivity index (χ1v) is 14.4. The Hall–Kier alpha value is -4.35. The first-order valence-electron chi connectivity index (χ1n) is 10.7. The molecule has 0 unspecified atom stereocenters. The SMILES string of the molecule is Nc1nc(-c2ccc3ccccc3c2)c(/N=N/c2cc(S(=O)(=O)O)c3cc([N+](=O)[O-])cc(S(=O)(=O)O)c3c2)s1. The maximum Gasteiger partial charge on any atom is 0.295 e. The molecule has 39 heavy (non-hydrogen) atoms. The molecule has 0 aliphatic heterocycles. The van der Waals surface area contributed by atoms with Gasteiger partial charge in [0.2, 0.25) is 0 Å². The van der Waals surface area contributed by atoms with Gasteiger partial charge < -0.3 is 5.73 Å². The number of azo groups is 1. The summed E-state index contributed by atoms with van der Waals surface area (Å²) in [5.74, 6) is 0. The minimum absolute atomic E-state index is 0.171. The Balaban J connectivity index is 1.69. The molecule has 0 fully saturated rings. The van der Waals surface area contributed by atoms with Gasteiger partial charge in [-0.3, -0.25) is 19.2 Å². The zero-order chi connectivity index (χ0) is 28.1. The molecule has 13 nitrogen and oxygen atoms in total. The smallest absolute Gasteiger partial charge is 0.295 e. The molecule has 16 heteroatoms. The number of nitrogens with two attached hydrogens (primary N) is 1. The Kier molecular flexibility index (Phi) is 6.36. The Labute approximate surface area is 223 Å². The molecule has 0 radical (unpaired) electrons. The van der Waals surface area contributed by atoms with Crippen LogP contribution in [0.5, 0.6) is 0 Å². The quantitative estimate of drug-likeness (QED) is 0.0981. The number of hydrogen-bond acceptors (Lipinski definition) is 11. The number of nitro groups is 1. The third-order valence-electron chi connectivity index (χ3n) is 5.64. The Morgan fingerprint density at radius 2 is 1.49 bits per heavy atom. The molecule has 0 atom stereocenters. The number of nitrogens with zero attached hydrogens (tertiary/aromatic N) is 4. The van der Waals surface area contributed by atoms with Crippen LogP contribution < -0.4 is 5.73 Å². The van der Waals surface area contributed by atoms with Gasteiger partial charge in [0.1, 0.15) is 15.5 Å². The van der Waals surface area contributed by atoms with Crippen LogP contribution in [-0.4, -0.2) is 35.8 Å². The van der Waals surface area contributed by atoms with Gasteiger partial charge in [-0.1, -0.05) is 47.7 Å². The van der Waals surface area contributed by atoms with Crippen LogP contribution in [0.15, 0.2) is 86.7 Å². The number of aromatic nitrogens is 1. The number of benzene rings is 4. The second-order valence-corrected chi connectivity index (χ2v) is 11.9. The van der Waals surface area contributed by atoms with Crippen molar-refractivity contribution in [1.82, 2.24) is 4.98 Å². The molecule has 4 aromatic carbocycles. The summed E-state index contributed by atoms with van der Waals surface area (Å²) in [4.78, 5) is 12.8. The fraction of sp³-hybridized carbons (Fsp3) is 0. The standard InChI is InChI=1S/C23H15N5O8S3/c24-23-25-21(14-6-5-12-3-1-2-4-13(12)7-14)22(37-23)27-26-15-8-17-18(19(9-15)38(31,32)33)10-16(28(29)30)11-20(17)39(34,35)36/h1-11H,(H2,24,25)(H,31,32,33)(H,34,35,36)/b27-26+. The highest BCUT2D eigenvalue weighted by molar-refractivity contribution is 7.86. The lowest BCUT2D eigenvalue weighted by Gasteiger charge is -2.09. The maximum absolute atomic E-state index is 12.1. The molecule has 1 heterocycles. The largest absolute Gasteiger partial charge is 0.375 e. The molecular weight excluding hydrogens is 570 g/mol. The summed E-state index contributed by atoms with van der Waals surface area (Å²) < 4.78 is 67.8. The van der Waals surface area contributed by atoms with E-state index in [1.165, 1.54) is 0 Å². The molecule has 0 amide bonds. The molecule has 1 aromatic heterocycles. The van der Waals surface area contributed by atoms with Gasteiger partial charge in [0, 0.05) is 28.5 Å². The number of nitro benzene ring substituents is 1. The van der Waals surface area contributed by atoms with Crippen molar-refractivity contribution in [2.75, 3.05) is 5.73 Å². The average Bonchev–Trinajstić information content (AvgIpc) is 3.25. The van der Waals surface area contributed by atoms with Crippen molar-refractivity contribution in [1.29, 1.82) is 0 Å². The average molecular weight is 586 g/mol. The second kappa shape index (κ2) is 9.44. The van der Waals surface area contributed by atoms with Gasteiger partial charge in [-0.05, 0) is 29.0 Å². The van der Waals surface area contributed by atoms with Crippen LogP contribution in [0, 0.1) is 10.1 Å². The Bertz CT molecular complexity index is 2070. The molecule has 0 saturated carbocycles. The molecular formula is C23H15N5O8S3. The van der Waals surface area contributed by atoms with Crippen molar-refractivity contribution in [3.05, 3.63) is 76.8 Å². The number of rotatable bonds is 6. The van der Waals surface area contributed by atoms with Gasteiger partial charge in [0.05, 0.1) is 10.6 Å². The van der Waals surface area contributed by atoms with E-state index in [1.54, 1.807) is 0 Å². The van der Waals surface area contributed by atoms with Crippen molar-refractivity contribution >= 4 is 74.6 Å². The highest BCUT2D eigenvalue weighted by Gasteiger charge is 2.25. The van der Waals surface area contributed by atoms with Crippen LogP contribution in [0.1, 0.15) is 0 Å². The normalized spacial score (nSPS) is 12.5. The topological polar surface area (TPSA) is 216 Å². The van der Waals surface area contributed by atoms with Crippen LogP contribution in [0.25, 0.3) is 32.8 Å². The van der Waals surface area contributed by atoms with E-state index in [2.05, 4.69) is 15.2 Å². The molecule has 0 aliphatic carbocycles. The lowest BCUT2D eigenvalue weighted by atomic mass is 10.1. The molecule has 5 aromatic rings. The fourth-order valence-electron chi connectivity index (χ4n) is 3.98. The van der Waals surface area contributed by atoms with E-state index in [-0.39, 0.29) is 15.8 Å². The van der Waals surface area contributed by atoms with Gasteiger partial charge in [0.15, 0.2) is 10.1 Å². The lowest BCUT2D eigenvalue weighted by Crippen LogP contribution is -2.04. The summed E-state index contributed by atoms with van der Waals surface area (Å²) in [6, 6.07) is 16.5. The van der Waals surface area contributed by atoms with E-state index in [0.717, 1.165) is 40.3 Å². The van der Waals surface area contributed by atoms with Crippen molar-refractivity contribution in [3.63, 3.8) is 0 Å². The van der Waals surface area contributed by atoms with Gasteiger partial charge in [0.25, 0.3) is 25.9 Å². The number of nitrogen functional groups attached to an aromatic ring is 1. The fourth-order valence-corrected chi connectivity index (χ4v) is 6.09. The molecule has 0 bridgehead atoms. The Morgan fingerprint density at radius 1 is 0.846 bits per heavy atom. The van der Waals surface area contributed by atoms with Gasteiger partial charge in [-0.2, -0.15) is 16.8 Å². The first-order chi connectivity index (χ1) is 18.3. The predicted octanol–water partition coefficient (Wildman–Crippen LogP) is 5.52. The van der Waals surface area contributed by atoms with E-state index in [1.807, 2.05) is 42.5 Å². The van der Waals surface area contributed by atoms with Gasteiger partial charge in [-0.25, -0.2) is 4.98 Å². The molecule has 0 aliphatic rings. The molecule has 198 valence electrons. The van der Waals surface area contributed by atoms with Gasteiger partial charge >= 0.3 is 0 Å². The van der Waals surface area contributed by atoms with Crippen LogP contribution in [0.2, 0.25) is 0 Å². The molecule has 0 saturated heterocycles. The van der Waals surface area contributed by atoms with Crippen LogP contribution >= 0.6 is 11.3 Å². The lowest BCUT2D eigenvalue weighted by molar-refractivity contribution is -0.384. The number of anilines is 1. The monoisotopic (exact) mass is 585 g/mol. The third kappa shape index (κ3) is 5.18. The van der Waals surface area contributed by atoms with Gasteiger partial charge in [-0.15, -0.1) is 10.2 Å². The summed E-state index contributed by atoms with van der Waals surface area (Å²) in [6.45, 7) is 0. The zero-order valence-corrected chi connectivity index (χ0v) is 21.7. The third-order valence-corrected chi connectivity index (χ3v) is 8.19. The number of fused-ring (bicyclic) bond motifs is 2. The van der Waals surface area contributed by atoms with Crippen molar-refractivity contribution in [2.45, 2.75) is 9.79 Å². The summed E-state index contributed by atoms with van der Waals surface area (Å²) in [5, 5.41) is 20.8. The summed E-state index contributed by atoms with van der Waals surface area (Å²) in [5.41, 5.74) is 5.90. The van der Waals surface area contributed by atoms with Crippen molar-refractivity contribution in [3.8, 4) is 11.3 Å². The highest BCUT2D eigenvalue weighted by atomic mass is 32.2. The minimum Gasteiger partial charge on any atom is -0.375 e. The van der Waals surface area contributed by atoms with Crippen molar-refractivity contribution < 1.29 is 30.9 Å². The number of thiazole rings is 1. The second-order valence-electron chi connectivity index (χ2n) is 8.16. The van der Waals surface area contributed by atoms with E-state index in [0.29, 0.717) is 17.3 Å². The molecule has 5 rings (SSSR count). The molecule has 4 N–H and O–H groups in total. The maximum atomic E-state index is 12.1. The van der Waals surface area contributed by atoms with E-state index in [4.69, 9.17) is 5.73 Å². The minimum atomic E-state index is -5.07. The van der Waals surface area contributed by atoms with Crippen LogP contribution in [0.4, 0.5) is 21.5 Å². The first kappa shape index (κ1) is 26.3. The molecule has 0 spiro atoms.